The number of methoxy groups -OCH3 is 1. The summed E-state index contributed by atoms with van der Waals surface area (Å²) in [5.74, 6) is 0. The molecule has 1 aromatic rings. The molecular weight excluding hydrogens is 248 g/mol. The molecule has 1 aliphatic heterocycles. The maximum atomic E-state index is 5.56. The number of aryl methyl sites for hydroxylation is 1. The van der Waals surface area contributed by atoms with Crippen molar-refractivity contribution in [3.8, 4) is 0 Å². The largest absolute Gasteiger partial charge is 0.380 e. The van der Waals surface area contributed by atoms with E-state index in [4.69, 9.17) is 4.74 Å². The molecule has 1 aliphatic carbocycles. The van der Waals surface area contributed by atoms with Gasteiger partial charge in [0.1, 0.15) is 0 Å². The highest BCUT2D eigenvalue weighted by atomic mass is 16.5. The van der Waals surface area contributed by atoms with Crippen LogP contribution in [0, 0.1) is 6.92 Å². The molecular formula is C17H26N2O. The van der Waals surface area contributed by atoms with Gasteiger partial charge in [-0.1, -0.05) is 17.7 Å². The molecule has 3 heteroatoms. The Morgan fingerprint density at radius 2 is 2.15 bits per heavy atom. The fourth-order valence-electron chi connectivity index (χ4n) is 3.06. The average Bonchev–Trinajstić information content (AvgIpc) is 3.29. The van der Waals surface area contributed by atoms with Crippen molar-refractivity contribution >= 4 is 5.69 Å². The van der Waals surface area contributed by atoms with Crippen LogP contribution in [-0.4, -0.2) is 32.3 Å². The highest BCUT2D eigenvalue weighted by Gasteiger charge is 2.23. The molecule has 2 aliphatic rings. The molecule has 110 valence electrons. The number of ether oxygens (including phenoxy) is 1. The van der Waals surface area contributed by atoms with Gasteiger partial charge >= 0.3 is 0 Å². The number of anilines is 1. The first-order valence-electron chi connectivity index (χ1n) is 7.87. The molecule has 20 heavy (non-hydrogen) atoms. The Hall–Kier alpha value is -1.06. The molecule has 1 atom stereocenters. The minimum atomic E-state index is 0.384. The predicted octanol–water partition coefficient (Wildman–Crippen LogP) is 2.86. The highest BCUT2D eigenvalue weighted by molar-refractivity contribution is 5.55. The summed E-state index contributed by atoms with van der Waals surface area (Å²) in [4.78, 5) is 2.50. The normalized spacial score (nSPS) is 23.1. The molecule has 2 fully saturated rings. The minimum absolute atomic E-state index is 0.384. The maximum Gasteiger partial charge on any atom is 0.0746 e. The minimum Gasteiger partial charge on any atom is -0.380 e. The molecule has 1 saturated heterocycles. The summed E-state index contributed by atoms with van der Waals surface area (Å²) in [6, 6.07) is 7.61. The summed E-state index contributed by atoms with van der Waals surface area (Å²) < 4.78 is 5.56. The highest BCUT2D eigenvalue weighted by Crippen LogP contribution is 2.27. The number of piperidine rings is 1. The lowest BCUT2D eigenvalue weighted by Gasteiger charge is -2.35. The van der Waals surface area contributed by atoms with Gasteiger partial charge < -0.3 is 15.0 Å². The van der Waals surface area contributed by atoms with Crippen molar-refractivity contribution in [2.75, 3.05) is 25.1 Å². The molecule has 1 saturated carbocycles. The van der Waals surface area contributed by atoms with Crippen LogP contribution in [0.3, 0.4) is 0 Å². The first-order chi connectivity index (χ1) is 9.76. The number of nitrogens with zero attached hydrogens (tertiary/aromatic N) is 1. The van der Waals surface area contributed by atoms with Crippen LogP contribution in [0.5, 0.6) is 0 Å². The molecule has 1 N–H and O–H groups in total. The number of hydrogen-bond acceptors (Lipinski definition) is 3. The van der Waals surface area contributed by atoms with E-state index in [-0.39, 0.29) is 0 Å². The van der Waals surface area contributed by atoms with E-state index in [1.54, 1.807) is 0 Å². The fourth-order valence-corrected chi connectivity index (χ4v) is 3.06. The van der Waals surface area contributed by atoms with E-state index in [0.717, 1.165) is 25.7 Å². The quantitative estimate of drug-likeness (QED) is 0.893. The molecule has 3 rings (SSSR count). The first-order valence-corrected chi connectivity index (χ1v) is 7.87. The molecule has 0 aromatic heterocycles. The van der Waals surface area contributed by atoms with Crippen LogP contribution in [0.25, 0.3) is 0 Å². The van der Waals surface area contributed by atoms with Gasteiger partial charge in [-0.2, -0.15) is 0 Å². The Kier molecular flexibility index (Phi) is 4.27. The van der Waals surface area contributed by atoms with Crippen LogP contribution in [0.15, 0.2) is 18.2 Å². The van der Waals surface area contributed by atoms with Gasteiger partial charge in [-0.15, -0.1) is 0 Å². The summed E-state index contributed by atoms with van der Waals surface area (Å²) >= 11 is 0. The average molecular weight is 274 g/mol. The van der Waals surface area contributed by atoms with Gasteiger partial charge in [0.05, 0.1) is 6.10 Å². The van der Waals surface area contributed by atoms with E-state index in [9.17, 15) is 0 Å². The van der Waals surface area contributed by atoms with Crippen molar-refractivity contribution in [1.29, 1.82) is 0 Å². The van der Waals surface area contributed by atoms with Crippen LogP contribution < -0.4 is 10.2 Å². The number of hydrogen-bond donors (Lipinski definition) is 1. The van der Waals surface area contributed by atoms with Gasteiger partial charge in [-0.3, -0.25) is 0 Å². The lowest BCUT2D eigenvalue weighted by Crippen LogP contribution is -2.40. The third kappa shape index (κ3) is 3.33. The zero-order valence-corrected chi connectivity index (χ0v) is 12.7. The van der Waals surface area contributed by atoms with Crippen molar-refractivity contribution in [1.82, 2.24) is 5.32 Å². The smallest absolute Gasteiger partial charge is 0.0746 e. The molecule has 0 radical (unpaired) electrons. The first kappa shape index (κ1) is 13.9. The van der Waals surface area contributed by atoms with E-state index in [0.29, 0.717) is 6.10 Å². The zero-order chi connectivity index (χ0) is 13.9. The summed E-state index contributed by atoms with van der Waals surface area (Å²) in [5, 5.41) is 3.65. The maximum absolute atomic E-state index is 5.56. The Balaban J connectivity index is 1.75. The van der Waals surface area contributed by atoms with Crippen LogP contribution in [0.2, 0.25) is 0 Å². The van der Waals surface area contributed by atoms with Crippen molar-refractivity contribution in [3.63, 3.8) is 0 Å². The Morgan fingerprint density at radius 1 is 1.30 bits per heavy atom. The second-order valence-corrected chi connectivity index (χ2v) is 6.23. The Morgan fingerprint density at radius 3 is 2.90 bits per heavy atom. The molecule has 0 bridgehead atoms. The summed E-state index contributed by atoms with van der Waals surface area (Å²) in [6.07, 6.45) is 5.48. The monoisotopic (exact) mass is 274 g/mol. The third-order valence-electron chi connectivity index (χ3n) is 4.45. The van der Waals surface area contributed by atoms with E-state index < -0.39 is 0 Å². The van der Waals surface area contributed by atoms with E-state index >= 15 is 0 Å². The molecule has 1 heterocycles. The predicted molar refractivity (Wildman–Crippen MR) is 83.3 cm³/mol. The van der Waals surface area contributed by atoms with Gasteiger partial charge in [0.2, 0.25) is 0 Å². The topological polar surface area (TPSA) is 24.5 Å². The van der Waals surface area contributed by atoms with Crippen molar-refractivity contribution < 1.29 is 4.74 Å². The van der Waals surface area contributed by atoms with Gasteiger partial charge in [-0.25, -0.2) is 0 Å². The van der Waals surface area contributed by atoms with Crippen molar-refractivity contribution in [3.05, 3.63) is 29.3 Å². The van der Waals surface area contributed by atoms with Gasteiger partial charge in [0.25, 0.3) is 0 Å². The third-order valence-corrected chi connectivity index (χ3v) is 4.45. The van der Waals surface area contributed by atoms with Crippen molar-refractivity contribution in [2.24, 2.45) is 0 Å². The number of rotatable bonds is 5. The SMILES string of the molecule is COC1CCCN(c2ccc(C)cc2CNC2CC2)C1. The van der Waals surface area contributed by atoms with E-state index in [2.05, 4.69) is 35.3 Å². The van der Waals surface area contributed by atoms with Crippen LogP contribution in [0.1, 0.15) is 36.8 Å². The van der Waals surface area contributed by atoms with Gasteiger partial charge in [-0.05, 0) is 44.2 Å². The molecule has 3 nitrogen and oxygen atoms in total. The van der Waals surface area contributed by atoms with Crippen LogP contribution >= 0.6 is 0 Å². The molecule has 1 unspecified atom stereocenters. The summed E-state index contributed by atoms with van der Waals surface area (Å²) in [7, 11) is 1.83. The van der Waals surface area contributed by atoms with Gasteiger partial charge in [0, 0.05) is 38.5 Å². The Labute approximate surface area is 122 Å². The van der Waals surface area contributed by atoms with Crippen LogP contribution in [-0.2, 0) is 11.3 Å². The number of nitrogens with one attached hydrogen (secondary N) is 1. The zero-order valence-electron chi connectivity index (χ0n) is 12.7. The summed E-state index contributed by atoms with van der Waals surface area (Å²) in [6.45, 7) is 5.35. The molecule has 0 spiro atoms. The standard InChI is InChI=1S/C17H26N2O/c1-13-5-8-17(14(10-13)11-18-15-6-7-15)19-9-3-4-16(12-19)20-2/h5,8,10,15-16,18H,3-4,6-7,9,11-12H2,1-2H3. The van der Waals surface area contributed by atoms with Crippen LogP contribution in [0.4, 0.5) is 5.69 Å². The number of benzene rings is 1. The van der Waals surface area contributed by atoms with Gasteiger partial charge in [0.15, 0.2) is 0 Å². The second-order valence-electron chi connectivity index (χ2n) is 6.23. The lowest BCUT2D eigenvalue weighted by atomic mass is 10.0. The lowest BCUT2D eigenvalue weighted by molar-refractivity contribution is 0.0893. The molecule has 1 aromatic carbocycles. The van der Waals surface area contributed by atoms with E-state index in [1.165, 1.54) is 42.5 Å². The fraction of sp³-hybridized carbons (Fsp3) is 0.647. The second kappa shape index (κ2) is 6.15. The summed E-state index contributed by atoms with van der Waals surface area (Å²) in [5.41, 5.74) is 4.18. The Bertz CT molecular complexity index is 456. The molecule has 0 amide bonds. The van der Waals surface area contributed by atoms with E-state index in [1.807, 2.05) is 7.11 Å². The van der Waals surface area contributed by atoms with Crippen molar-refractivity contribution in [2.45, 2.75) is 51.3 Å².